The van der Waals surface area contributed by atoms with Crippen molar-refractivity contribution in [2.24, 2.45) is 0 Å². The van der Waals surface area contributed by atoms with Crippen LogP contribution in [0.1, 0.15) is 22.3 Å². The second-order valence-electron chi connectivity index (χ2n) is 13.3. The highest BCUT2D eigenvalue weighted by Gasteiger charge is 2.49. The smallest absolute Gasteiger partial charge is 0.0745 e. The summed E-state index contributed by atoms with van der Waals surface area (Å²) in [7, 11) is 0. The van der Waals surface area contributed by atoms with Gasteiger partial charge in [0.15, 0.2) is 0 Å². The Bertz CT molecular complexity index is 2590. The highest BCUT2D eigenvalue weighted by molar-refractivity contribution is 8.00. The standard InChI is InChI=1S/C49H33NS2/c1-4-16-33(17-5-1)35-30-31-46-43(32-35)49(40-25-10-12-28-44(40)51-46)41-26-11-13-29-45(41)52-48-39(24-15-27-42(48)49)38-23-14-22-37(34-18-6-2-7-19-34)47(38)50-36-20-8-3-9-21-36/h1-32,50H. The van der Waals surface area contributed by atoms with E-state index in [0.717, 1.165) is 11.4 Å². The summed E-state index contributed by atoms with van der Waals surface area (Å²) in [5, 5.41) is 3.88. The molecule has 0 saturated heterocycles. The predicted molar refractivity (Wildman–Crippen MR) is 219 cm³/mol. The van der Waals surface area contributed by atoms with E-state index in [-0.39, 0.29) is 0 Å². The molecule has 8 aromatic rings. The molecule has 2 heterocycles. The molecule has 0 radical (unpaired) electrons. The van der Waals surface area contributed by atoms with Crippen molar-refractivity contribution in [3.63, 3.8) is 0 Å². The van der Waals surface area contributed by atoms with E-state index in [9.17, 15) is 0 Å². The van der Waals surface area contributed by atoms with Crippen LogP contribution in [0.15, 0.2) is 214 Å². The molecule has 10 rings (SSSR count). The molecule has 246 valence electrons. The first kappa shape index (κ1) is 31.0. The van der Waals surface area contributed by atoms with Crippen molar-refractivity contribution in [2.75, 3.05) is 5.32 Å². The Hall–Kier alpha value is -5.74. The zero-order valence-corrected chi connectivity index (χ0v) is 29.9. The van der Waals surface area contributed by atoms with Crippen LogP contribution in [0, 0.1) is 0 Å². The van der Waals surface area contributed by atoms with Crippen molar-refractivity contribution in [1.29, 1.82) is 0 Å². The fourth-order valence-electron chi connectivity index (χ4n) is 8.14. The first-order chi connectivity index (χ1) is 25.8. The number of para-hydroxylation sites is 2. The predicted octanol–water partition coefficient (Wildman–Crippen LogP) is 13.7. The third kappa shape index (κ3) is 4.96. The molecular formula is C49H33NS2. The van der Waals surface area contributed by atoms with E-state index < -0.39 is 5.41 Å². The number of rotatable bonds is 5. The Balaban J connectivity index is 1.28. The summed E-state index contributed by atoms with van der Waals surface area (Å²) in [5.41, 5.74) is 14.2. The van der Waals surface area contributed by atoms with Gasteiger partial charge in [-0.25, -0.2) is 0 Å². The molecule has 1 atom stereocenters. The van der Waals surface area contributed by atoms with E-state index in [1.165, 1.54) is 75.2 Å². The second-order valence-corrected chi connectivity index (χ2v) is 15.4. The lowest BCUT2D eigenvalue weighted by Crippen LogP contribution is -2.36. The van der Waals surface area contributed by atoms with Crippen LogP contribution in [0.2, 0.25) is 0 Å². The molecule has 2 aliphatic heterocycles. The minimum Gasteiger partial charge on any atom is -0.355 e. The van der Waals surface area contributed by atoms with Gasteiger partial charge in [0.05, 0.1) is 11.1 Å². The van der Waals surface area contributed by atoms with Crippen LogP contribution in [0.25, 0.3) is 33.4 Å². The minimum absolute atomic E-state index is 0.515. The van der Waals surface area contributed by atoms with Crippen molar-refractivity contribution in [2.45, 2.75) is 25.0 Å². The molecule has 0 fully saturated rings. The Labute approximate surface area is 313 Å². The summed E-state index contributed by atoms with van der Waals surface area (Å²) in [6.07, 6.45) is 0. The van der Waals surface area contributed by atoms with Gasteiger partial charge in [0, 0.05) is 36.4 Å². The van der Waals surface area contributed by atoms with Crippen LogP contribution < -0.4 is 5.32 Å². The van der Waals surface area contributed by atoms with E-state index in [1.54, 1.807) is 0 Å². The van der Waals surface area contributed by atoms with Crippen LogP contribution in [0.3, 0.4) is 0 Å². The van der Waals surface area contributed by atoms with E-state index in [1.807, 2.05) is 23.5 Å². The summed E-state index contributed by atoms with van der Waals surface area (Å²) in [4.78, 5) is 5.18. The van der Waals surface area contributed by atoms with Gasteiger partial charge in [-0.2, -0.15) is 0 Å². The van der Waals surface area contributed by atoms with Crippen LogP contribution in [0.4, 0.5) is 11.4 Å². The van der Waals surface area contributed by atoms with E-state index in [2.05, 4.69) is 199 Å². The van der Waals surface area contributed by atoms with Crippen molar-refractivity contribution < 1.29 is 0 Å². The zero-order chi connectivity index (χ0) is 34.5. The van der Waals surface area contributed by atoms with E-state index >= 15 is 0 Å². The third-order valence-corrected chi connectivity index (χ3v) is 12.8. The van der Waals surface area contributed by atoms with Gasteiger partial charge >= 0.3 is 0 Å². The van der Waals surface area contributed by atoms with Gasteiger partial charge in [-0.05, 0) is 80.9 Å². The Morgan fingerprint density at radius 2 is 0.885 bits per heavy atom. The maximum Gasteiger partial charge on any atom is 0.0745 e. The average Bonchev–Trinajstić information content (AvgIpc) is 3.21. The highest BCUT2D eigenvalue weighted by Crippen LogP contribution is 2.63. The van der Waals surface area contributed by atoms with Crippen molar-refractivity contribution in [3.05, 3.63) is 216 Å². The number of hydrogen-bond acceptors (Lipinski definition) is 3. The van der Waals surface area contributed by atoms with Crippen molar-refractivity contribution in [1.82, 2.24) is 0 Å². The van der Waals surface area contributed by atoms with Gasteiger partial charge in [0.1, 0.15) is 0 Å². The van der Waals surface area contributed by atoms with E-state index in [4.69, 9.17) is 0 Å². The molecule has 1 nitrogen and oxygen atoms in total. The van der Waals surface area contributed by atoms with Crippen LogP contribution in [-0.4, -0.2) is 0 Å². The average molecular weight is 700 g/mol. The fourth-order valence-corrected chi connectivity index (χ4v) is 10.6. The van der Waals surface area contributed by atoms with Gasteiger partial charge in [0.2, 0.25) is 0 Å². The molecule has 2 aliphatic rings. The minimum atomic E-state index is -0.515. The second kappa shape index (κ2) is 12.8. The van der Waals surface area contributed by atoms with Gasteiger partial charge in [0.25, 0.3) is 0 Å². The lowest BCUT2D eigenvalue weighted by molar-refractivity contribution is 0.668. The molecule has 1 N–H and O–H groups in total. The number of nitrogens with one attached hydrogen (secondary N) is 1. The third-order valence-electron chi connectivity index (χ3n) is 10.4. The molecule has 3 heteroatoms. The van der Waals surface area contributed by atoms with Crippen LogP contribution in [0.5, 0.6) is 0 Å². The summed E-state index contributed by atoms with van der Waals surface area (Å²) >= 11 is 3.79. The van der Waals surface area contributed by atoms with Crippen LogP contribution in [-0.2, 0) is 5.41 Å². The molecule has 1 spiro atoms. The van der Waals surface area contributed by atoms with Gasteiger partial charge in [-0.3, -0.25) is 0 Å². The van der Waals surface area contributed by atoms with Crippen molar-refractivity contribution >= 4 is 34.9 Å². The van der Waals surface area contributed by atoms with Gasteiger partial charge in [-0.15, -0.1) is 0 Å². The number of benzene rings is 8. The molecule has 0 bridgehead atoms. The monoisotopic (exact) mass is 699 g/mol. The van der Waals surface area contributed by atoms with Crippen molar-refractivity contribution in [3.8, 4) is 33.4 Å². The number of fused-ring (bicyclic) bond motifs is 8. The number of hydrogen-bond donors (Lipinski definition) is 1. The molecular weight excluding hydrogens is 667 g/mol. The maximum atomic E-state index is 3.88. The first-order valence-electron chi connectivity index (χ1n) is 17.7. The summed E-state index contributed by atoms with van der Waals surface area (Å²) in [5.74, 6) is 0. The Kier molecular flexibility index (Phi) is 7.63. The largest absolute Gasteiger partial charge is 0.355 e. The molecule has 0 saturated carbocycles. The molecule has 8 aromatic carbocycles. The summed E-state index contributed by atoms with van der Waals surface area (Å²) < 4.78 is 0. The summed E-state index contributed by atoms with van der Waals surface area (Å²) in [6.45, 7) is 0. The topological polar surface area (TPSA) is 12.0 Å². The zero-order valence-electron chi connectivity index (χ0n) is 28.3. The van der Waals surface area contributed by atoms with Crippen LogP contribution >= 0.6 is 23.5 Å². The number of anilines is 2. The highest BCUT2D eigenvalue weighted by atomic mass is 32.2. The lowest BCUT2D eigenvalue weighted by Gasteiger charge is -2.46. The molecule has 1 unspecified atom stereocenters. The Morgan fingerprint density at radius 3 is 1.62 bits per heavy atom. The van der Waals surface area contributed by atoms with Gasteiger partial charge < -0.3 is 5.32 Å². The van der Waals surface area contributed by atoms with E-state index in [0.29, 0.717) is 0 Å². The normalized spacial score (nSPS) is 15.2. The van der Waals surface area contributed by atoms with Gasteiger partial charge in [-0.1, -0.05) is 181 Å². The summed E-state index contributed by atoms with van der Waals surface area (Å²) in [6, 6.07) is 71.0. The molecule has 0 amide bonds. The Morgan fingerprint density at radius 1 is 0.346 bits per heavy atom. The fraction of sp³-hybridized carbons (Fsp3) is 0.0204. The molecule has 0 aliphatic carbocycles. The SMILES string of the molecule is c1ccc(Nc2c(-c3ccccc3)cccc2-c2cccc3c2Sc2ccccc2C32c3ccccc3Sc3ccc(-c4ccccc4)cc32)cc1. The lowest BCUT2D eigenvalue weighted by atomic mass is 9.64. The molecule has 52 heavy (non-hydrogen) atoms. The maximum absolute atomic E-state index is 3.88. The first-order valence-corrected chi connectivity index (χ1v) is 19.3. The quantitative estimate of drug-likeness (QED) is 0.192. The molecule has 0 aromatic heterocycles.